The minimum absolute atomic E-state index is 0.114. The van der Waals surface area contributed by atoms with Gasteiger partial charge in [0.25, 0.3) is 0 Å². The topological polar surface area (TPSA) is 45.2 Å². The predicted molar refractivity (Wildman–Crippen MR) is 96.7 cm³/mol. The first-order valence-corrected chi connectivity index (χ1v) is 8.82. The van der Waals surface area contributed by atoms with E-state index in [-0.39, 0.29) is 17.6 Å². The zero-order valence-electron chi connectivity index (χ0n) is 14.5. The van der Waals surface area contributed by atoms with E-state index in [0.29, 0.717) is 18.0 Å². The number of aromatic nitrogens is 1. The second-order valence-corrected chi connectivity index (χ2v) is 6.68. The summed E-state index contributed by atoms with van der Waals surface area (Å²) in [6, 6.07) is 10.9. The van der Waals surface area contributed by atoms with Gasteiger partial charge in [0.2, 0.25) is 5.91 Å². The Kier molecular flexibility index (Phi) is 5.64. The van der Waals surface area contributed by atoms with Gasteiger partial charge in [0.15, 0.2) is 0 Å². The Labute approximate surface area is 148 Å². The van der Waals surface area contributed by atoms with Crippen molar-refractivity contribution >= 4 is 11.6 Å². The smallest absolute Gasteiger partial charge is 0.225 e. The van der Waals surface area contributed by atoms with Crippen LogP contribution in [0, 0.1) is 11.7 Å². The number of nitrogens with one attached hydrogen (secondary N) is 1. The average molecular weight is 341 g/mol. The predicted octanol–water partition coefficient (Wildman–Crippen LogP) is 3.50. The van der Waals surface area contributed by atoms with E-state index in [1.165, 1.54) is 6.07 Å². The van der Waals surface area contributed by atoms with Crippen molar-refractivity contribution in [2.75, 3.05) is 18.4 Å². The van der Waals surface area contributed by atoms with E-state index in [9.17, 15) is 9.18 Å². The Morgan fingerprint density at radius 2 is 2.04 bits per heavy atom. The third kappa shape index (κ3) is 4.56. The summed E-state index contributed by atoms with van der Waals surface area (Å²) < 4.78 is 13.8. The van der Waals surface area contributed by atoms with Crippen LogP contribution in [0.3, 0.4) is 0 Å². The number of carbonyl (C=O) groups is 1. The highest BCUT2D eigenvalue weighted by Gasteiger charge is 2.26. The van der Waals surface area contributed by atoms with Crippen LogP contribution < -0.4 is 5.32 Å². The van der Waals surface area contributed by atoms with Gasteiger partial charge < -0.3 is 10.2 Å². The molecule has 1 saturated heterocycles. The highest BCUT2D eigenvalue weighted by Crippen LogP contribution is 2.20. The molecule has 25 heavy (non-hydrogen) atoms. The number of anilines is 1. The summed E-state index contributed by atoms with van der Waals surface area (Å²) >= 11 is 0. The molecule has 1 aromatic heterocycles. The molecule has 1 aliphatic heterocycles. The monoisotopic (exact) mass is 341 g/mol. The Morgan fingerprint density at radius 3 is 2.72 bits per heavy atom. The maximum Gasteiger partial charge on any atom is 0.225 e. The van der Waals surface area contributed by atoms with E-state index in [1.54, 1.807) is 18.3 Å². The summed E-state index contributed by atoms with van der Waals surface area (Å²) in [4.78, 5) is 18.7. The van der Waals surface area contributed by atoms with E-state index < -0.39 is 0 Å². The number of benzene rings is 1. The van der Waals surface area contributed by atoms with Crippen molar-refractivity contribution in [3.63, 3.8) is 0 Å². The van der Waals surface area contributed by atoms with Gasteiger partial charge in [-0.05, 0) is 43.0 Å². The lowest BCUT2D eigenvalue weighted by atomic mass is 9.97. The molecule has 2 heterocycles. The largest absolute Gasteiger partial charge is 0.381 e. The fraction of sp³-hybridized carbons (Fsp3) is 0.400. The van der Waals surface area contributed by atoms with Gasteiger partial charge in [-0.15, -0.1) is 0 Å². The molecule has 1 aliphatic rings. The number of amides is 1. The lowest BCUT2D eigenvalue weighted by Gasteiger charge is -2.34. The minimum Gasteiger partial charge on any atom is -0.381 e. The Balaban J connectivity index is 1.50. The number of pyridine rings is 1. The van der Waals surface area contributed by atoms with E-state index in [0.717, 1.165) is 31.6 Å². The van der Waals surface area contributed by atoms with Crippen molar-refractivity contribution in [1.29, 1.82) is 0 Å². The highest BCUT2D eigenvalue weighted by atomic mass is 19.1. The highest BCUT2D eigenvalue weighted by molar-refractivity contribution is 5.79. The molecule has 2 aromatic rings. The van der Waals surface area contributed by atoms with Crippen molar-refractivity contribution < 1.29 is 9.18 Å². The maximum atomic E-state index is 13.8. The number of hydrogen-bond acceptors (Lipinski definition) is 3. The van der Waals surface area contributed by atoms with Crippen LogP contribution in [0.2, 0.25) is 0 Å². The molecule has 0 radical (unpaired) electrons. The molecule has 4 nitrogen and oxygen atoms in total. The number of halogens is 1. The van der Waals surface area contributed by atoms with Crippen molar-refractivity contribution in [3.8, 4) is 0 Å². The van der Waals surface area contributed by atoms with Gasteiger partial charge >= 0.3 is 0 Å². The number of nitrogens with zero attached hydrogens (tertiary/aromatic N) is 2. The van der Waals surface area contributed by atoms with Crippen molar-refractivity contribution in [3.05, 3.63) is 60.2 Å². The molecule has 0 unspecified atom stereocenters. The molecule has 3 rings (SSSR count). The van der Waals surface area contributed by atoms with E-state index in [1.807, 2.05) is 36.2 Å². The van der Waals surface area contributed by atoms with E-state index in [4.69, 9.17) is 0 Å². The molecule has 1 atom stereocenters. The van der Waals surface area contributed by atoms with Crippen LogP contribution >= 0.6 is 0 Å². The molecule has 5 heteroatoms. The van der Waals surface area contributed by atoms with E-state index >= 15 is 0 Å². The zero-order valence-corrected chi connectivity index (χ0v) is 14.5. The number of likely N-dealkylation sites (tertiary alicyclic amines) is 1. The third-order valence-corrected chi connectivity index (χ3v) is 4.74. The number of piperidine rings is 1. The molecule has 0 aliphatic carbocycles. The summed E-state index contributed by atoms with van der Waals surface area (Å²) in [5.41, 5.74) is 1.62. The standard InChI is InChI=1S/C20H24FN3O/c1-15(13-16-5-2-3-7-19(16)21)20(25)24-11-8-17(9-12-24)23-18-6-4-10-22-14-18/h2-7,10,14-15,17,23H,8-9,11-13H2,1H3/t15-/m0/s1. The number of rotatable bonds is 5. The lowest BCUT2D eigenvalue weighted by Crippen LogP contribution is -2.44. The first-order valence-electron chi connectivity index (χ1n) is 8.82. The van der Waals surface area contributed by atoms with E-state index in [2.05, 4.69) is 10.3 Å². The molecule has 1 amide bonds. The van der Waals surface area contributed by atoms with Crippen LogP contribution in [0.15, 0.2) is 48.8 Å². The fourth-order valence-electron chi connectivity index (χ4n) is 3.32. The molecule has 0 bridgehead atoms. The molecule has 1 N–H and O–H groups in total. The summed E-state index contributed by atoms with van der Waals surface area (Å²) in [7, 11) is 0. The summed E-state index contributed by atoms with van der Waals surface area (Å²) in [5.74, 6) is -0.329. The minimum atomic E-state index is -0.235. The van der Waals surface area contributed by atoms with Gasteiger partial charge in [0.05, 0.1) is 5.69 Å². The van der Waals surface area contributed by atoms with Crippen molar-refractivity contribution in [2.45, 2.75) is 32.2 Å². The summed E-state index contributed by atoms with van der Waals surface area (Å²) in [5, 5.41) is 3.47. The maximum absolute atomic E-state index is 13.8. The molecular weight excluding hydrogens is 317 g/mol. The normalized spacial score (nSPS) is 16.5. The Bertz CT molecular complexity index is 699. The first kappa shape index (κ1) is 17.4. The molecule has 132 valence electrons. The van der Waals surface area contributed by atoms with Crippen LogP contribution in [0.1, 0.15) is 25.3 Å². The van der Waals surface area contributed by atoms with Gasteiger partial charge in [-0.1, -0.05) is 25.1 Å². The zero-order chi connectivity index (χ0) is 17.6. The van der Waals surface area contributed by atoms with Crippen molar-refractivity contribution in [1.82, 2.24) is 9.88 Å². The lowest BCUT2D eigenvalue weighted by molar-refractivity contribution is -0.135. The van der Waals surface area contributed by atoms with Crippen molar-refractivity contribution in [2.24, 2.45) is 5.92 Å². The molecule has 1 fully saturated rings. The third-order valence-electron chi connectivity index (χ3n) is 4.74. The van der Waals surface area contributed by atoms with Crippen LogP contribution in [0.25, 0.3) is 0 Å². The van der Waals surface area contributed by atoms with Crippen LogP contribution in [0.5, 0.6) is 0 Å². The molecule has 0 saturated carbocycles. The van der Waals surface area contributed by atoms with Crippen LogP contribution in [-0.4, -0.2) is 34.9 Å². The molecular formula is C20H24FN3O. The van der Waals surface area contributed by atoms with Gasteiger partial charge in [-0.25, -0.2) is 4.39 Å². The van der Waals surface area contributed by atoms with Gasteiger partial charge in [0, 0.05) is 37.4 Å². The number of hydrogen-bond donors (Lipinski definition) is 1. The molecule has 0 spiro atoms. The van der Waals surface area contributed by atoms with Gasteiger partial charge in [0.1, 0.15) is 5.82 Å². The first-order chi connectivity index (χ1) is 12.1. The van der Waals surface area contributed by atoms with Crippen LogP contribution in [0.4, 0.5) is 10.1 Å². The fourth-order valence-corrected chi connectivity index (χ4v) is 3.32. The molecule has 1 aromatic carbocycles. The summed E-state index contributed by atoms with van der Waals surface area (Å²) in [6.45, 7) is 3.35. The Morgan fingerprint density at radius 1 is 1.28 bits per heavy atom. The number of carbonyl (C=O) groups excluding carboxylic acids is 1. The average Bonchev–Trinajstić information content (AvgIpc) is 2.64. The quantitative estimate of drug-likeness (QED) is 0.905. The van der Waals surface area contributed by atoms with Gasteiger partial charge in [-0.3, -0.25) is 9.78 Å². The Hall–Kier alpha value is -2.43. The second kappa shape index (κ2) is 8.10. The summed E-state index contributed by atoms with van der Waals surface area (Å²) in [6.07, 6.45) is 5.83. The van der Waals surface area contributed by atoms with Crippen LogP contribution in [-0.2, 0) is 11.2 Å². The van der Waals surface area contributed by atoms with Gasteiger partial charge in [-0.2, -0.15) is 0 Å². The second-order valence-electron chi connectivity index (χ2n) is 6.68. The SMILES string of the molecule is C[C@@H](Cc1ccccc1F)C(=O)N1CCC(Nc2cccnc2)CC1.